The predicted octanol–water partition coefficient (Wildman–Crippen LogP) is 3.26. The van der Waals surface area contributed by atoms with Gasteiger partial charge in [-0.1, -0.05) is 23.7 Å². The van der Waals surface area contributed by atoms with Gasteiger partial charge in [0, 0.05) is 11.6 Å². The van der Waals surface area contributed by atoms with Crippen molar-refractivity contribution in [1.82, 2.24) is 0 Å². The first kappa shape index (κ1) is 9.50. The molecule has 0 aromatic heterocycles. The summed E-state index contributed by atoms with van der Waals surface area (Å²) < 4.78 is 0. The molecule has 0 heterocycles. The number of nitrogens with two attached hydrogens (primary N) is 1. The summed E-state index contributed by atoms with van der Waals surface area (Å²) in [5.41, 5.74) is 8.06. The molecule has 0 spiro atoms. The van der Waals surface area contributed by atoms with Crippen molar-refractivity contribution in [2.24, 2.45) is 5.73 Å². The lowest BCUT2D eigenvalue weighted by Gasteiger charge is -2.06. The summed E-state index contributed by atoms with van der Waals surface area (Å²) >= 11 is 5.92. The van der Waals surface area contributed by atoms with Crippen molar-refractivity contribution in [3.05, 3.63) is 46.5 Å². The van der Waals surface area contributed by atoms with Crippen LogP contribution in [0.2, 0.25) is 5.02 Å². The lowest BCUT2D eigenvalue weighted by Crippen LogP contribution is -1.98. The fourth-order valence-corrected chi connectivity index (χ4v) is 1.83. The van der Waals surface area contributed by atoms with Crippen molar-refractivity contribution in [2.45, 2.75) is 13.5 Å². The summed E-state index contributed by atoms with van der Waals surface area (Å²) in [5, 5.41) is 3.14. The van der Waals surface area contributed by atoms with Crippen molar-refractivity contribution >= 4 is 22.4 Å². The first-order valence-corrected chi connectivity index (χ1v) is 4.97. The Morgan fingerprint density at radius 1 is 1.14 bits per heavy atom. The van der Waals surface area contributed by atoms with Gasteiger partial charge in [0.2, 0.25) is 0 Å². The van der Waals surface area contributed by atoms with Gasteiger partial charge in [-0.25, -0.2) is 0 Å². The van der Waals surface area contributed by atoms with Crippen molar-refractivity contribution in [2.75, 3.05) is 0 Å². The normalized spacial score (nSPS) is 10.8. The van der Waals surface area contributed by atoms with Gasteiger partial charge in [0.05, 0.1) is 0 Å². The van der Waals surface area contributed by atoms with Crippen LogP contribution in [0.3, 0.4) is 0 Å². The molecule has 2 N–H and O–H groups in total. The molecule has 14 heavy (non-hydrogen) atoms. The van der Waals surface area contributed by atoms with Gasteiger partial charge in [0.25, 0.3) is 0 Å². The smallest absolute Gasteiger partial charge is 0.0412 e. The van der Waals surface area contributed by atoms with E-state index >= 15 is 0 Å². The second-order valence-electron chi connectivity index (χ2n) is 3.47. The summed E-state index contributed by atoms with van der Waals surface area (Å²) in [6.07, 6.45) is 0. The fourth-order valence-electron chi connectivity index (χ4n) is 1.65. The van der Waals surface area contributed by atoms with Crippen LogP contribution in [0.15, 0.2) is 30.3 Å². The molecule has 0 fully saturated rings. The van der Waals surface area contributed by atoms with E-state index in [9.17, 15) is 0 Å². The zero-order chi connectivity index (χ0) is 10.1. The van der Waals surface area contributed by atoms with Crippen LogP contribution in [0.4, 0.5) is 0 Å². The molecule has 0 amide bonds. The summed E-state index contributed by atoms with van der Waals surface area (Å²) in [6, 6.07) is 10.2. The predicted molar refractivity (Wildman–Crippen MR) is 61.6 cm³/mol. The molecule has 2 aromatic carbocycles. The van der Waals surface area contributed by atoms with Crippen LogP contribution in [0, 0.1) is 6.92 Å². The Labute approximate surface area is 88.5 Å². The molecule has 0 aliphatic rings. The maximum Gasteiger partial charge on any atom is 0.0412 e. The van der Waals surface area contributed by atoms with Gasteiger partial charge in [-0.3, -0.25) is 0 Å². The molecule has 0 bridgehead atoms. The minimum absolute atomic E-state index is 0.588. The van der Waals surface area contributed by atoms with Crippen LogP contribution < -0.4 is 5.73 Å². The first-order chi connectivity index (χ1) is 6.70. The number of fused-ring (bicyclic) bond motifs is 1. The monoisotopic (exact) mass is 205 g/mol. The van der Waals surface area contributed by atoms with Crippen LogP contribution in [-0.4, -0.2) is 0 Å². The third kappa shape index (κ3) is 1.61. The first-order valence-electron chi connectivity index (χ1n) is 4.59. The molecule has 0 saturated heterocycles. The summed E-state index contributed by atoms with van der Waals surface area (Å²) in [4.78, 5) is 0. The van der Waals surface area contributed by atoms with E-state index in [0.717, 1.165) is 5.02 Å². The van der Waals surface area contributed by atoms with Gasteiger partial charge in [-0.2, -0.15) is 0 Å². The third-order valence-electron chi connectivity index (χ3n) is 2.48. The molecule has 2 rings (SSSR count). The quantitative estimate of drug-likeness (QED) is 0.760. The second kappa shape index (κ2) is 3.60. The van der Waals surface area contributed by atoms with Gasteiger partial charge in [0.1, 0.15) is 0 Å². The highest BCUT2D eigenvalue weighted by molar-refractivity contribution is 6.31. The number of rotatable bonds is 1. The Bertz CT molecular complexity index is 477. The highest BCUT2D eigenvalue weighted by Crippen LogP contribution is 2.22. The van der Waals surface area contributed by atoms with E-state index in [1.165, 1.54) is 21.9 Å². The molecule has 0 aliphatic carbocycles. The second-order valence-corrected chi connectivity index (χ2v) is 3.91. The van der Waals surface area contributed by atoms with Gasteiger partial charge in [-0.15, -0.1) is 0 Å². The van der Waals surface area contributed by atoms with E-state index in [-0.39, 0.29) is 0 Å². The molecule has 0 aliphatic heterocycles. The molecule has 1 nitrogen and oxygen atoms in total. The maximum absolute atomic E-state index is 5.92. The zero-order valence-electron chi connectivity index (χ0n) is 8.05. The Kier molecular flexibility index (Phi) is 2.44. The minimum Gasteiger partial charge on any atom is -0.326 e. The molecule has 0 atom stereocenters. The molecule has 2 aromatic rings. The number of hydrogen-bond acceptors (Lipinski definition) is 1. The number of halogens is 1. The van der Waals surface area contributed by atoms with E-state index < -0.39 is 0 Å². The molecule has 0 unspecified atom stereocenters. The Hall–Kier alpha value is -1.05. The van der Waals surface area contributed by atoms with Gasteiger partial charge in [-0.05, 0) is 47.0 Å². The average Bonchev–Trinajstić information content (AvgIpc) is 2.16. The Morgan fingerprint density at radius 2 is 1.93 bits per heavy atom. The van der Waals surface area contributed by atoms with Crippen molar-refractivity contribution in [3.63, 3.8) is 0 Å². The lowest BCUT2D eigenvalue weighted by molar-refractivity contribution is 1.05. The van der Waals surface area contributed by atoms with Crippen molar-refractivity contribution in [1.29, 1.82) is 0 Å². The standard InChI is InChI=1S/C12H12ClN/c1-8-4-10-6-12(13)3-2-9(10)5-11(8)7-14/h2-6H,7,14H2,1H3. The fraction of sp³-hybridized carbons (Fsp3) is 0.167. The van der Waals surface area contributed by atoms with E-state index in [4.69, 9.17) is 17.3 Å². The lowest BCUT2D eigenvalue weighted by atomic mass is 10.0. The van der Waals surface area contributed by atoms with Gasteiger partial charge in [0.15, 0.2) is 0 Å². The molecule has 2 heteroatoms. The maximum atomic E-state index is 5.92. The number of hydrogen-bond donors (Lipinski definition) is 1. The average molecular weight is 206 g/mol. The van der Waals surface area contributed by atoms with E-state index in [1.807, 2.05) is 18.2 Å². The number of benzene rings is 2. The largest absolute Gasteiger partial charge is 0.326 e. The van der Waals surface area contributed by atoms with E-state index in [2.05, 4.69) is 19.1 Å². The van der Waals surface area contributed by atoms with Gasteiger partial charge >= 0.3 is 0 Å². The van der Waals surface area contributed by atoms with E-state index in [1.54, 1.807) is 0 Å². The summed E-state index contributed by atoms with van der Waals surface area (Å²) in [5.74, 6) is 0. The molecular weight excluding hydrogens is 194 g/mol. The highest BCUT2D eigenvalue weighted by Gasteiger charge is 2.00. The molecule has 72 valence electrons. The van der Waals surface area contributed by atoms with Crippen LogP contribution in [0.25, 0.3) is 10.8 Å². The van der Waals surface area contributed by atoms with Crippen molar-refractivity contribution < 1.29 is 0 Å². The van der Waals surface area contributed by atoms with E-state index in [0.29, 0.717) is 6.54 Å². The zero-order valence-corrected chi connectivity index (χ0v) is 8.81. The molecular formula is C12H12ClN. The third-order valence-corrected chi connectivity index (χ3v) is 2.71. The minimum atomic E-state index is 0.588. The number of aryl methyl sites for hydroxylation is 1. The Morgan fingerprint density at radius 3 is 2.64 bits per heavy atom. The SMILES string of the molecule is Cc1cc2cc(Cl)ccc2cc1CN. The van der Waals surface area contributed by atoms with Crippen LogP contribution in [0.1, 0.15) is 11.1 Å². The van der Waals surface area contributed by atoms with Crippen LogP contribution in [0.5, 0.6) is 0 Å². The topological polar surface area (TPSA) is 26.0 Å². The molecule has 0 radical (unpaired) electrons. The Balaban J connectivity index is 2.73. The van der Waals surface area contributed by atoms with Crippen LogP contribution >= 0.6 is 11.6 Å². The summed E-state index contributed by atoms with van der Waals surface area (Å²) in [7, 11) is 0. The molecule has 0 saturated carbocycles. The highest BCUT2D eigenvalue weighted by atomic mass is 35.5. The van der Waals surface area contributed by atoms with Crippen molar-refractivity contribution in [3.8, 4) is 0 Å². The van der Waals surface area contributed by atoms with Gasteiger partial charge < -0.3 is 5.73 Å². The summed E-state index contributed by atoms with van der Waals surface area (Å²) in [6.45, 7) is 2.66. The van der Waals surface area contributed by atoms with Crippen LogP contribution in [-0.2, 0) is 6.54 Å².